The van der Waals surface area contributed by atoms with E-state index < -0.39 is 0 Å². The summed E-state index contributed by atoms with van der Waals surface area (Å²) < 4.78 is 9.55. The van der Waals surface area contributed by atoms with Gasteiger partial charge in [-0.3, -0.25) is 4.79 Å². The molecule has 1 N–H and O–H groups in total. The van der Waals surface area contributed by atoms with Crippen LogP contribution in [0.25, 0.3) is 0 Å². The molecule has 0 fully saturated rings. The molecule has 0 spiro atoms. The molecule has 0 unspecified atom stereocenters. The standard InChI is InChI=1S/C13H19NO3/c1-16-8-7-14-10-12-5-3-11(4-6-12)9-13(15)17-2/h3-6,14H,7-10H2,1-2H3. The van der Waals surface area contributed by atoms with E-state index in [1.54, 1.807) is 7.11 Å². The van der Waals surface area contributed by atoms with Crippen molar-refractivity contribution in [2.24, 2.45) is 0 Å². The molecular weight excluding hydrogens is 218 g/mol. The first-order valence-corrected chi connectivity index (χ1v) is 5.60. The highest BCUT2D eigenvalue weighted by Gasteiger charge is 2.02. The fourth-order valence-corrected chi connectivity index (χ4v) is 1.42. The average molecular weight is 237 g/mol. The molecule has 0 aliphatic rings. The lowest BCUT2D eigenvalue weighted by Crippen LogP contribution is -2.18. The number of esters is 1. The van der Waals surface area contributed by atoms with Gasteiger partial charge in [-0.25, -0.2) is 0 Å². The topological polar surface area (TPSA) is 47.6 Å². The van der Waals surface area contributed by atoms with Crippen molar-refractivity contribution >= 4 is 5.97 Å². The normalized spacial score (nSPS) is 10.2. The van der Waals surface area contributed by atoms with Crippen molar-refractivity contribution in [1.82, 2.24) is 5.32 Å². The van der Waals surface area contributed by atoms with Crippen LogP contribution in [0.2, 0.25) is 0 Å². The molecule has 0 bridgehead atoms. The lowest BCUT2D eigenvalue weighted by Gasteiger charge is -2.05. The minimum absolute atomic E-state index is 0.212. The maximum Gasteiger partial charge on any atom is 0.309 e. The van der Waals surface area contributed by atoms with E-state index in [4.69, 9.17) is 4.74 Å². The smallest absolute Gasteiger partial charge is 0.309 e. The first-order chi connectivity index (χ1) is 8.26. The van der Waals surface area contributed by atoms with Gasteiger partial charge < -0.3 is 14.8 Å². The molecule has 0 heterocycles. The molecule has 0 aromatic heterocycles. The van der Waals surface area contributed by atoms with E-state index in [-0.39, 0.29) is 5.97 Å². The van der Waals surface area contributed by atoms with E-state index in [2.05, 4.69) is 10.1 Å². The van der Waals surface area contributed by atoms with Crippen LogP contribution in [0.5, 0.6) is 0 Å². The number of ether oxygens (including phenoxy) is 2. The summed E-state index contributed by atoms with van der Waals surface area (Å²) in [6.07, 6.45) is 0.327. The van der Waals surface area contributed by atoms with Gasteiger partial charge in [0.15, 0.2) is 0 Å². The molecule has 0 saturated heterocycles. The molecule has 0 atom stereocenters. The van der Waals surface area contributed by atoms with Gasteiger partial charge in [0.05, 0.1) is 20.1 Å². The zero-order chi connectivity index (χ0) is 12.5. The van der Waals surface area contributed by atoms with Gasteiger partial charge in [-0.2, -0.15) is 0 Å². The SMILES string of the molecule is COCCNCc1ccc(CC(=O)OC)cc1. The van der Waals surface area contributed by atoms with Crippen LogP contribution >= 0.6 is 0 Å². The van der Waals surface area contributed by atoms with Gasteiger partial charge in [-0.15, -0.1) is 0 Å². The van der Waals surface area contributed by atoms with Crippen LogP contribution in [0, 0.1) is 0 Å². The molecule has 1 aromatic rings. The third-order valence-electron chi connectivity index (χ3n) is 2.41. The van der Waals surface area contributed by atoms with Crippen molar-refractivity contribution in [1.29, 1.82) is 0 Å². The second kappa shape index (κ2) is 7.81. The van der Waals surface area contributed by atoms with Gasteiger partial charge in [0.1, 0.15) is 0 Å². The number of benzene rings is 1. The Hall–Kier alpha value is -1.39. The fraction of sp³-hybridized carbons (Fsp3) is 0.462. The van der Waals surface area contributed by atoms with Crippen LogP contribution in [-0.2, 0) is 27.2 Å². The second-order valence-electron chi connectivity index (χ2n) is 3.74. The highest BCUT2D eigenvalue weighted by molar-refractivity contribution is 5.72. The van der Waals surface area contributed by atoms with Crippen molar-refractivity contribution < 1.29 is 14.3 Å². The van der Waals surface area contributed by atoms with Gasteiger partial charge >= 0.3 is 5.97 Å². The van der Waals surface area contributed by atoms with Crippen LogP contribution in [0.3, 0.4) is 0 Å². The van der Waals surface area contributed by atoms with Crippen molar-refractivity contribution in [3.05, 3.63) is 35.4 Å². The summed E-state index contributed by atoms with van der Waals surface area (Å²) in [7, 11) is 3.08. The third-order valence-corrected chi connectivity index (χ3v) is 2.41. The number of methoxy groups -OCH3 is 2. The van der Waals surface area contributed by atoms with Crippen LogP contribution in [-0.4, -0.2) is 33.3 Å². The average Bonchev–Trinajstić information content (AvgIpc) is 2.36. The highest BCUT2D eigenvalue weighted by Crippen LogP contribution is 2.05. The molecule has 0 aliphatic heterocycles. The van der Waals surface area contributed by atoms with Gasteiger partial charge in [0.25, 0.3) is 0 Å². The first kappa shape index (κ1) is 13.7. The van der Waals surface area contributed by atoms with Gasteiger partial charge in [-0.05, 0) is 11.1 Å². The molecule has 1 rings (SSSR count). The maximum atomic E-state index is 11.1. The van der Waals surface area contributed by atoms with E-state index in [0.29, 0.717) is 13.0 Å². The zero-order valence-corrected chi connectivity index (χ0v) is 10.4. The summed E-state index contributed by atoms with van der Waals surface area (Å²) in [6, 6.07) is 7.92. The van der Waals surface area contributed by atoms with Gasteiger partial charge in [0.2, 0.25) is 0 Å². The van der Waals surface area contributed by atoms with Crippen LogP contribution in [0.15, 0.2) is 24.3 Å². The Morgan fingerprint density at radius 1 is 1.18 bits per heavy atom. The van der Waals surface area contributed by atoms with Crippen LogP contribution in [0.4, 0.5) is 0 Å². The van der Waals surface area contributed by atoms with Crippen molar-refractivity contribution in [3.8, 4) is 0 Å². The van der Waals surface area contributed by atoms with E-state index in [1.807, 2.05) is 24.3 Å². The summed E-state index contributed by atoms with van der Waals surface area (Å²) in [5.41, 5.74) is 2.16. The molecule has 0 aliphatic carbocycles. The first-order valence-electron chi connectivity index (χ1n) is 5.60. The minimum Gasteiger partial charge on any atom is -0.469 e. The Morgan fingerprint density at radius 3 is 2.41 bits per heavy atom. The second-order valence-corrected chi connectivity index (χ2v) is 3.74. The Balaban J connectivity index is 2.36. The monoisotopic (exact) mass is 237 g/mol. The molecule has 0 radical (unpaired) electrons. The predicted molar refractivity (Wildman–Crippen MR) is 65.7 cm³/mol. The van der Waals surface area contributed by atoms with Gasteiger partial charge in [-0.1, -0.05) is 24.3 Å². The number of carbonyl (C=O) groups excluding carboxylic acids is 1. The fourth-order valence-electron chi connectivity index (χ4n) is 1.42. The minimum atomic E-state index is -0.212. The zero-order valence-electron chi connectivity index (χ0n) is 10.4. The Labute approximate surface area is 102 Å². The molecule has 4 nitrogen and oxygen atoms in total. The predicted octanol–water partition coefficient (Wildman–Crippen LogP) is 1.14. The van der Waals surface area contributed by atoms with Crippen LogP contribution < -0.4 is 5.32 Å². The molecule has 0 saturated carbocycles. The summed E-state index contributed by atoms with van der Waals surface area (Å²) in [5, 5.41) is 3.26. The molecule has 4 heteroatoms. The summed E-state index contributed by atoms with van der Waals surface area (Å²) >= 11 is 0. The molecule has 17 heavy (non-hydrogen) atoms. The lowest BCUT2D eigenvalue weighted by molar-refractivity contribution is -0.139. The summed E-state index contributed by atoms with van der Waals surface area (Å²) in [5.74, 6) is -0.212. The Kier molecular flexibility index (Phi) is 6.29. The highest BCUT2D eigenvalue weighted by atomic mass is 16.5. The Morgan fingerprint density at radius 2 is 1.82 bits per heavy atom. The number of hydrogen-bond donors (Lipinski definition) is 1. The van der Waals surface area contributed by atoms with Crippen LogP contribution in [0.1, 0.15) is 11.1 Å². The van der Waals surface area contributed by atoms with E-state index >= 15 is 0 Å². The number of rotatable bonds is 7. The number of carbonyl (C=O) groups is 1. The molecule has 1 aromatic carbocycles. The summed E-state index contributed by atoms with van der Waals surface area (Å²) in [4.78, 5) is 11.1. The third kappa shape index (κ3) is 5.47. The van der Waals surface area contributed by atoms with Gasteiger partial charge in [0, 0.05) is 20.2 Å². The lowest BCUT2D eigenvalue weighted by atomic mass is 10.1. The van der Waals surface area contributed by atoms with Crippen molar-refractivity contribution in [2.75, 3.05) is 27.4 Å². The quantitative estimate of drug-likeness (QED) is 0.570. The van der Waals surface area contributed by atoms with Crippen molar-refractivity contribution in [2.45, 2.75) is 13.0 Å². The molecule has 94 valence electrons. The number of nitrogens with one attached hydrogen (secondary N) is 1. The van der Waals surface area contributed by atoms with E-state index in [9.17, 15) is 4.79 Å². The van der Waals surface area contributed by atoms with E-state index in [1.165, 1.54) is 12.7 Å². The largest absolute Gasteiger partial charge is 0.469 e. The number of hydrogen-bond acceptors (Lipinski definition) is 4. The Bertz CT molecular complexity index is 335. The molecule has 0 amide bonds. The maximum absolute atomic E-state index is 11.1. The summed E-state index contributed by atoms with van der Waals surface area (Å²) in [6.45, 7) is 2.35. The van der Waals surface area contributed by atoms with Crippen molar-refractivity contribution in [3.63, 3.8) is 0 Å². The molecular formula is C13H19NO3. The van der Waals surface area contributed by atoms with E-state index in [0.717, 1.165) is 18.7 Å².